The number of hydrogen-bond acceptors (Lipinski definition) is 3. The van der Waals surface area contributed by atoms with Crippen molar-refractivity contribution in [3.8, 4) is 0 Å². The lowest BCUT2D eigenvalue weighted by molar-refractivity contribution is -0.139. The van der Waals surface area contributed by atoms with Crippen LogP contribution >= 0.6 is 11.6 Å². The lowest BCUT2D eigenvalue weighted by Gasteiger charge is -2.38. The predicted molar refractivity (Wildman–Crippen MR) is 57.1 cm³/mol. The van der Waals surface area contributed by atoms with E-state index in [0.717, 1.165) is 6.26 Å². The Morgan fingerprint density at radius 3 is 2.88 bits per heavy atom. The second-order valence-electron chi connectivity index (χ2n) is 4.45. The molecule has 0 amide bonds. The molecule has 5 heteroatoms. The summed E-state index contributed by atoms with van der Waals surface area (Å²) < 4.78 is 5.32. The number of ketones is 1. The Balaban J connectivity index is 2.22. The van der Waals surface area contributed by atoms with Gasteiger partial charge in [-0.05, 0) is 18.8 Å². The number of carbonyl (C=O) groups is 2. The highest BCUT2D eigenvalue weighted by Gasteiger charge is 2.43. The summed E-state index contributed by atoms with van der Waals surface area (Å²) in [6, 6.07) is 0. The fourth-order valence-electron chi connectivity index (χ4n) is 2.30. The Kier molecular flexibility index (Phi) is 2.93. The van der Waals surface area contributed by atoms with E-state index in [0.29, 0.717) is 12.8 Å². The number of Topliss-reactive ketones (excluding diaryl/α,β-unsaturated/α-hetero) is 1. The van der Waals surface area contributed by atoms with Crippen LogP contribution in [-0.4, -0.2) is 28.3 Å². The molecule has 0 aromatic carbocycles. The number of hydrogen-bond donors (Lipinski definition) is 1. The van der Waals surface area contributed by atoms with Crippen LogP contribution in [0.5, 0.6) is 0 Å². The Labute approximate surface area is 98.2 Å². The van der Waals surface area contributed by atoms with Gasteiger partial charge in [0.2, 0.25) is 0 Å². The zero-order valence-corrected chi connectivity index (χ0v) is 9.61. The minimum atomic E-state index is -1.23. The topological polar surface area (TPSA) is 63.6 Å². The predicted octanol–water partition coefficient (Wildman–Crippen LogP) is 1.58. The molecular weight excluding hydrogens is 232 g/mol. The molecule has 4 unspecified atom stereocenters. The minimum absolute atomic E-state index is 0.0815. The van der Waals surface area contributed by atoms with Gasteiger partial charge in [-0.25, -0.2) is 4.79 Å². The van der Waals surface area contributed by atoms with Crippen LogP contribution in [0.4, 0.5) is 0 Å². The molecule has 1 saturated carbocycles. The number of alkyl halides is 1. The summed E-state index contributed by atoms with van der Waals surface area (Å²) >= 11 is 6.10. The van der Waals surface area contributed by atoms with Gasteiger partial charge in [-0.2, -0.15) is 0 Å². The van der Waals surface area contributed by atoms with Crippen LogP contribution in [0, 0.1) is 11.8 Å². The summed E-state index contributed by atoms with van der Waals surface area (Å²) in [5, 5.41) is 8.73. The van der Waals surface area contributed by atoms with Gasteiger partial charge in [0, 0.05) is 5.38 Å². The second kappa shape index (κ2) is 4.09. The number of rotatable bonds is 1. The quantitative estimate of drug-likeness (QED) is 0.562. The standard InChI is InChI=1S/C11H13ClO4/c1-5-2-9-6(3-8(5)12)10(13)7(4-16-9)11(14)15/h4-6,8-9H,2-3H2,1H3,(H,14,15). The van der Waals surface area contributed by atoms with Crippen LogP contribution in [0.25, 0.3) is 0 Å². The van der Waals surface area contributed by atoms with Gasteiger partial charge < -0.3 is 9.84 Å². The van der Waals surface area contributed by atoms with Gasteiger partial charge in [-0.3, -0.25) is 4.79 Å². The number of fused-ring (bicyclic) bond motifs is 1. The first-order valence-corrected chi connectivity index (χ1v) is 5.71. The number of carbonyl (C=O) groups excluding carboxylic acids is 1. The van der Waals surface area contributed by atoms with Gasteiger partial charge in [0.05, 0.1) is 5.92 Å². The molecule has 0 spiro atoms. The van der Waals surface area contributed by atoms with E-state index >= 15 is 0 Å². The van der Waals surface area contributed by atoms with Crippen LogP contribution < -0.4 is 0 Å². The zero-order valence-electron chi connectivity index (χ0n) is 8.85. The molecule has 1 aliphatic carbocycles. The first kappa shape index (κ1) is 11.5. The van der Waals surface area contributed by atoms with Crippen molar-refractivity contribution in [2.24, 2.45) is 11.8 Å². The van der Waals surface area contributed by atoms with Crippen molar-refractivity contribution in [2.45, 2.75) is 31.2 Å². The lowest BCUT2D eigenvalue weighted by atomic mass is 9.76. The van der Waals surface area contributed by atoms with Crippen molar-refractivity contribution in [2.75, 3.05) is 0 Å². The van der Waals surface area contributed by atoms with E-state index in [1.165, 1.54) is 0 Å². The normalized spacial score (nSPS) is 38.4. The molecule has 16 heavy (non-hydrogen) atoms. The molecule has 0 saturated heterocycles. The highest BCUT2D eigenvalue weighted by atomic mass is 35.5. The van der Waals surface area contributed by atoms with Gasteiger partial charge in [0.25, 0.3) is 0 Å². The molecule has 2 rings (SSSR count). The second-order valence-corrected chi connectivity index (χ2v) is 5.01. The van der Waals surface area contributed by atoms with Crippen LogP contribution in [0.2, 0.25) is 0 Å². The first-order chi connectivity index (χ1) is 7.50. The SMILES string of the molecule is CC1CC2OC=C(C(=O)O)C(=O)C2CC1Cl. The zero-order chi connectivity index (χ0) is 11.9. The molecule has 0 aromatic heterocycles. The number of carboxylic acids is 1. The molecule has 2 aliphatic rings. The fraction of sp³-hybridized carbons (Fsp3) is 0.636. The molecule has 1 heterocycles. The van der Waals surface area contributed by atoms with Gasteiger partial charge in [0.15, 0.2) is 5.78 Å². The molecule has 1 N–H and O–H groups in total. The molecule has 4 atom stereocenters. The van der Waals surface area contributed by atoms with E-state index in [1.54, 1.807) is 0 Å². The van der Waals surface area contributed by atoms with Crippen LogP contribution in [0.1, 0.15) is 19.8 Å². The summed E-state index contributed by atoms with van der Waals surface area (Å²) in [5.74, 6) is -1.68. The first-order valence-electron chi connectivity index (χ1n) is 5.28. The van der Waals surface area contributed by atoms with Crippen molar-refractivity contribution >= 4 is 23.4 Å². The third-order valence-electron chi connectivity index (χ3n) is 3.34. The molecule has 0 bridgehead atoms. The minimum Gasteiger partial charge on any atom is -0.496 e. The Bertz CT molecular complexity index is 363. The van der Waals surface area contributed by atoms with Crippen LogP contribution in [0.3, 0.4) is 0 Å². The van der Waals surface area contributed by atoms with Gasteiger partial charge in [-0.15, -0.1) is 11.6 Å². The summed E-state index contributed by atoms with van der Waals surface area (Å²) in [7, 11) is 0. The fourth-order valence-corrected chi connectivity index (χ4v) is 2.60. The average Bonchev–Trinajstić information content (AvgIpc) is 2.21. The Morgan fingerprint density at radius 2 is 2.25 bits per heavy atom. The Hall–Kier alpha value is -1.03. The molecule has 1 aliphatic heterocycles. The van der Waals surface area contributed by atoms with Gasteiger partial charge >= 0.3 is 5.97 Å². The third-order valence-corrected chi connectivity index (χ3v) is 3.95. The van der Waals surface area contributed by atoms with Gasteiger partial charge in [-0.1, -0.05) is 6.92 Å². The summed E-state index contributed by atoms with van der Waals surface area (Å²) in [4.78, 5) is 22.6. The summed E-state index contributed by atoms with van der Waals surface area (Å²) in [6.07, 6.45) is 2.07. The highest BCUT2D eigenvalue weighted by Crippen LogP contribution is 2.38. The number of carboxylic acid groups (broad SMARTS) is 1. The number of ether oxygens (including phenoxy) is 1. The maximum atomic E-state index is 11.9. The number of halogens is 1. The average molecular weight is 245 g/mol. The monoisotopic (exact) mass is 244 g/mol. The molecular formula is C11H13ClO4. The smallest absolute Gasteiger partial charge is 0.342 e. The van der Waals surface area contributed by atoms with E-state index in [9.17, 15) is 9.59 Å². The van der Waals surface area contributed by atoms with Crippen molar-refractivity contribution in [1.82, 2.24) is 0 Å². The van der Waals surface area contributed by atoms with E-state index < -0.39 is 11.9 Å². The molecule has 1 fully saturated rings. The maximum Gasteiger partial charge on any atom is 0.342 e. The van der Waals surface area contributed by atoms with E-state index in [2.05, 4.69) is 0 Å². The van der Waals surface area contributed by atoms with E-state index in [-0.39, 0.29) is 28.8 Å². The summed E-state index contributed by atoms with van der Waals surface area (Å²) in [6.45, 7) is 2.01. The highest BCUT2D eigenvalue weighted by molar-refractivity contribution is 6.22. The van der Waals surface area contributed by atoms with Crippen molar-refractivity contribution < 1.29 is 19.4 Å². The van der Waals surface area contributed by atoms with Gasteiger partial charge in [0.1, 0.15) is 17.9 Å². The maximum absolute atomic E-state index is 11.9. The van der Waals surface area contributed by atoms with Crippen molar-refractivity contribution in [3.05, 3.63) is 11.8 Å². The molecule has 4 nitrogen and oxygen atoms in total. The molecule has 88 valence electrons. The number of aliphatic carboxylic acids is 1. The van der Waals surface area contributed by atoms with Crippen molar-refractivity contribution in [3.63, 3.8) is 0 Å². The van der Waals surface area contributed by atoms with Crippen LogP contribution in [-0.2, 0) is 14.3 Å². The van der Waals surface area contributed by atoms with Crippen LogP contribution in [0.15, 0.2) is 11.8 Å². The largest absolute Gasteiger partial charge is 0.496 e. The third kappa shape index (κ3) is 1.82. The molecule has 0 aromatic rings. The Morgan fingerprint density at radius 1 is 1.56 bits per heavy atom. The summed E-state index contributed by atoms with van der Waals surface area (Å²) in [5.41, 5.74) is -0.264. The van der Waals surface area contributed by atoms with Crippen molar-refractivity contribution in [1.29, 1.82) is 0 Å². The van der Waals surface area contributed by atoms with E-state index in [1.807, 2.05) is 6.92 Å². The molecule has 0 radical (unpaired) electrons. The van der Waals surface area contributed by atoms with E-state index in [4.69, 9.17) is 21.4 Å². The lowest BCUT2D eigenvalue weighted by Crippen LogP contribution is -2.44.